The smallest absolute Gasteiger partial charge is 0.247 e. The lowest BCUT2D eigenvalue weighted by molar-refractivity contribution is -0.132. The van der Waals surface area contributed by atoms with Crippen LogP contribution in [0.25, 0.3) is 0 Å². The zero-order valence-corrected chi connectivity index (χ0v) is 20.6. The number of sulfonamides is 1. The Labute approximate surface area is 196 Å². The van der Waals surface area contributed by atoms with Crippen LogP contribution in [0.3, 0.4) is 0 Å². The molecule has 1 unspecified atom stereocenters. The van der Waals surface area contributed by atoms with Gasteiger partial charge >= 0.3 is 0 Å². The summed E-state index contributed by atoms with van der Waals surface area (Å²) in [4.78, 5) is 28.4. The number of rotatable bonds is 8. The van der Waals surface area contributed by atoms with Crippen LogP contribution in [0.15, 0.2) is 59.5 Å². The van der Waals surface area contributed by atoms with Gasteiger partial charge in [-0.05, 0) is 55.5 Å². The molecular formula is C25H33N3O4S. The lowest BCUT2D eigenvalue weighted by atomic mass is 9.94. The molecule has 0 radical (unpaired) electrons. The molecule has 1 N–H and O–H groups in total. The summed E-state index contributed by atoms with van der Waals surface area (Å²) in [5, 5.41) is 2.92. The molecule has 2 amide bonds. The molecule has 7 nitrogen and oxygen atoms in total. The zero-order valence-electron chi connectivity index (χ0n) is 19.7. The van der Waals surface area contributed by atoms with Crippen LogP contribution >= 0.6 is 0 Å². The van der Waals surface area contributed by atoms with E-state index in [-0.39, 0.29) is 23.9 Å². The van der Waals surface area contributed by atoms with Crippen molar-refractivity contribution in [3.8, 4) is 0 Å². The third kappa shape index (κ3) is 5.28. The molecule has 0 spiro atoms. The summed E-state index contributed by atoms with van der Waals surface area (Å²) in [5.41, 5.74) is 0.289. The van der Waals surface area contributed by atoms with Crippen molar-refractivity contribution in [3.05, 3.63) is 60.2 Å². The summed E-state index contributed by atoms with van der Waals surface area (Å²) >= 11 is 0. The molecule has 0 bridgehead atoms. The first kappa shape index (κ1) is 24.9. The summed E-state index contributed by atoms with van der Waals surface area (Å²) < 4.78 is 27.7. The van der Waals surface area contributed by atoms with Crippen LogP contribution < -0.4 is 10.2 Å². The third-order valence-electron chi connectivity index (χ3n) is 6.02. The Kier molecular flexibility index (Phi) is 7.59. The van der Waals surface area contributed by atoms with Crippen LogP contribution in [0.1, 0.15) is 39.7 Å². The second kappa shape index (κ2) is 10.1. The highest BCUT2D eigenvalue weighted by atomic mass is 32.2. The molecular weight excluding hydrogens is 438 g/mol. The Morgan fingerprint density at radius 3 is 2.30 bits per heavy atom. The predicted molar refractivity (Wildman–Crippen MR) is 129 cm³/mol. The van der Waals surface area contributed by atoms with Crippen molar-refractivity contribution in [2.75, 3.05) is 24.5 Å². The molecule has 1 aliphatic heterocycles. The van der Waals surface area contributed by atoms with Gasteiger partial charge in [0.2, 0.25) is 21.8 Å². The van der Waals surface area contributed by atoms with E-state index in [1.54, 1.807) is 25.1 Å². The molecule has 2 aromatic carbocycles. The molecule has 1 fully saturated rings. The van der Waals surface area contributed by atoms with Gasteiger partial charge in [0.25, 0.3) is 0 Å². The standard InChI is InChI=1S/C25H33N3O4S/c1-5-20-11-13-21(14-12-20)28-23(29)17-27(33(31,32)22-9-7-6-8-10-22)18-25(28,4)24(30)26-16-15-19(2)3/h6-14,19H,5,15-18H2,1-4H3,(H,26,30). The molecule has 1 aliphatic rings. The van der Waals surface area contributed by atoms with Crippen molar-refractivity contribution >= 4 is 27.5 Å². The van der Waals surface area contributed by atoms with Gasteiger partial charge < -0.3 is 5.32 Å². The second-order valence-corrected chi connectivity index (χ2v) is 11.0. The number of piperazine rings is 1. The monoisotopic (exact) mass is 471 g/mol. The summed E-state index contributed by atoms with van der Waals surface area (Å²) in [5.74, 6) is -0.408. The Hall–Kier alpha value is -2.71. The number of benzene rings is 2. The van der Waals surface area contributed by atoms with E-state index >= 15 is 0 Å². The van der Waals surface area contributed by atoms with Crippen molar-refractivity contribution in [1.29, 1.82) is 0 Å². The van der Waals surface area contributed by atoms with Gasteiger partial charge in [0.1, 0.15) is 5.54 Å². The maximum atomic E-state index is 13.4. The van der Waals surface area contributed by atoms with Crippen LogP contribution in [0, 0.1) is 5.92 Å². The highest BCUT2D eigenvalue weighted by molar-refractivity contribution is 7.89. The van der Waals surface area contributed by atoms with E-state index in [0.717, 1.165) is 22.7 Å². The van der Waals surface area contributed by atoms with Gasteiger partial charge in [-0.25, -0.2) is 8.42 Å². The summed E-state index contributed by atoms with van der Waals surface area (Å²) in [7, 11) is -3.94. The molecule has 0 saturated carbocycles. The van der Waals surface area contributed by atoms with Gasteiger partial charge in [0, 0.05) is 18.8 Å². The number of nitrogens with one attached hydrogen (secondary N) is 1. The average molecular weight is 472 g/mol. The van der Waals surface area contributed by atoms with Crippen molar-refractivity contribution in [2.24, 2.45) is 5.92 Å². The molecule has 0 aliphatic carbocycles. The molecule has 33 heavy (non-hydrogen) atoms. The molecule has 1 heterocycles. The topological polar surface area (TPSA) is 86.8 Å². The highest BCUT2D eigenvalue weighted by Crippen LogP contribution is 2.32. The van der Waals surface area contributed by atoms with Crippen LogP contribution in [0.2, 0.25) is 0 Å². The van der Waals surface area contributed by atoms with Gasteiger partial charge in [-0.1, -0.05) is 51.1 Å². The Bertz CT molecular complexity index is 1080. The average Bonchev–Trinajstić information content (AvgIpc) is 2.79. The zero-order chi connectivity index (χ0) is 24.2. The summed E-state index contributed by atoms with van der Waals surface area (Å²) in [6.07, 6.45) is 1.64. The number of anilines is 1. The van der Waals surface area contributed by atoms with Gasteiger partial charge in [-0.15, -0.1) is 0 Å². The number of carbonyl (C=O) groups is 2. The molecule has 8 heteroatoms. The Morgan fingerprint density at radius 2 is 1.73 bits per heavy atom. The number of amides is 2. The van der Waals surface area contributed by atoms with E-state index in [4.69, 9.17) is 0 Å². The quantitative estimate of drug-likeness (QED) is 0.641. The van der Waals surface area contributed by atoms with E-state index < -0.39 is 21.5 Å². The highest BCUT2D eigenvalue weighted by Gasteiger charge is 2.51. The Balaban J connectivity index is 1.99. The van der Waals surface area contributed by atoms with Gasteiger partial charge in [-0.2, -0.15) is 4.31 Å². The number of nitrogens with zero attached hydrogens (tertiary/aromatic N) is 2. The molecule has 2 aromatic rings. The van der Waals surface area contributed by atoms with Crippen molar-refractivity contribution in [1.82, 2.24) is 9.62 Å². The summed E-state index contributed by atoms with van der Waals surface area (Å²) in [6.45, 7) is 7.78. The van der Waals surface area contributed by atoms with Gasteiger partial charge in [0.05, 0.1) is 11.4 Å². The van der Waals surface area contributed by atoms with Crippen molar-refractivity contribution < 1.29 is 18.0 Å². The lowest BCUT2D eigenvalue weighted by Gasteiger charge is -2.46. The molecule has 3 rings (SSSR count). The van der Waals surface area contributed by atoms with E-state index in [0.29, 0.717) is 18.2 Å². The van der Waals surface area contributed by atoms with E-state index in [2.05, 4.69) is 19.2 Å². The second-order valence-electron chi connectivity index (χ2n) is 9.05. The molecule has 1 atom stereocenters. The van der Waals surface area contributed by atoms with Crippen LogP contribution in [0.5, 0.6) is 0 Å². The first-order valence-electron chi connectivity index (χ1n) is 11.3. The van der Waals surface area contributed by atoms with Crippen molar-refractivity contribution in [3.63, 3.8) is 0 Å². The summed E-state index contributed by atoms with van der Waals surface area (Å²) in [6, 6.07) is 15.5. The fraction of sp³-hybridized carbons (Fsp3) is 0.440. The molecule has 1 saturated heterocycles. The largest absolute Gasteiger partial charge is 0.354 e. The Morgan fingerprint density at radius 1 is 1.09 bits per heavy atom. The maximum absolute atomic E-state index is 13.4. The normalized spacial score (nSPS) is 19.7. The van der Waals surface area contributed by atoms with Crippen molar-refractivity contribution in [2.45, 2.75) is 51.0 Å². The van der Waals surface area contributed by atoms with Crippen LogP contribution in [-0.4, -0.2) is 49.7 Å². The minimum absolute atomic E-state index is 0.0983. The fourth-order valence-corrected chi connectivity index (χ4v) is 5.53. The number of hydrogen-bond donors (Lipinski definition) is 1. The van der Waals surface area contributed by atoms with E-state index in [9.17, 15) is 18.0 Å². The first-order chi connectivity index (χ1) is 15.6. The first-order valence-corrected chi connectivity index (χ1v) is 12.8. The maximum Gasteiger partial charge on any atom is 0.247 e. The van der Waals surface area contributed by atoms with E-state index in [1.165, 1.54) is 17.0 Å². The third-order valence-corrected chi connectivity index (χ3v) is 7.82. The minimum atomic E-state index is -3.94. The van der Waals surface area contributed by atoms with Crippen LogP contribution in [-0.2, 0) is 26.0 Å². The molecule has 0 aromatic heterocycles. The number of hydrogen-bond acceptors (Lipinski definition) is 4. The fourth-order valence-electron chi connectivity index (χ4n) is 4.03. The lowest BCUT2D eigenvalue weighted by Crippen LogP contribution is -2.70. The predicted octanol–water partition coefficient (Wildman–Crippen LogP) is 3.21. The number of carbonyl (C=O) groups excluding carboxylic acids is 2. The van der Waals surface area contributed by atoms with Crippen LogP contribution in [0.4, 0.5) is 5.69 Å². The minimum Gasteiger partial charge on any atom is -0.354 e. The SMILES string of the molecule is CCc1ccc(N2C(=O)CN(S(=O)(=O)c3ccccc3)CC2(C)C(=O)NCCC(C)C)cc1. The van der Waals surface area contributed by atoms with E-state index in [1.807, 2.05) is 31.2 Å². The van der Waals surface area contributed by atoms with Gasteiger partial charge in [-0.3, -0.25) is 14.5 Å². The number of aryl methyl sites for hydroxylation is 1. The molecule has 178 valence electrons. The van der Waals surface area contributed by atoms with Gasteiger partial charge in [0.15, 0.2) is 0 Å².